The van der Waals surface area contributed by atoms with Crippen LogP contribution in [0.4, 0.5) is 11.4 Å². The highest BCUT2D eigenvalue weighted by molar-refractivity contribution is 7.90. The largest absolute Gasteiger partial charge is 0.379 e. The highest BCUT2D eigenvalue weighted by Crippen LogP contribution is 2.33. The van der Waals surface area contributed by atoms with E-state index in [4.69, 9.17) is 4.52 Å². The lowest BCUT2D eigenvalue weighted by atomic mass is 10.0. The van der Waals surface area contributed by atoms with Gasteiger partial charge >= 0.3 is 0 Å². The van der Waals surface area contributed by atoms with E-state index < -0.39 is 14.8 Å². The molecule has 0 fully saturated rings. The minimum atomic E-state index is -3.04. The topological polar surface area (TPSA) is 115 Å². The van der Waals surface area contributed by atoms with Crippen molar-refractivity contribution >= 4 is 21.2 Å². The maximum atomic E-state index is 11.3. The van der Waals surface area contributed by atoms with E-state index in [9.17, 15) is 18.5 Å². The Bertz CT molecular complexity index is 838. The molecule has 24 heavy (non-hydrogen) atoms. The normalized spacial score (nSPS) is 11.5. The van der Waals surface area contributed by atoms with E-state index in [1.165, 1.54) is 6.07 Å². The molecule has 0 radical (unpaired) electrons. The summed E-state index contributed by atoms with van der Waals surface area (Å²) in [6, 6.07) is 4.82. The van der Waals surface area contributed by atoms with Crippen LogP contribution in [0.15, 0.2) is 22.7 Å². The molecule has 0 aliphatic heterocycles. The second-order valence-corrected chi connectivity index (χ2v) is 7.86. The van der Waals surface area contributed by atoms with Gasteiger partial charge in [0.25, 0.3) is 5.69 Å². The quantitative estimate of drug-likeness (QED) is 0.462. The molecule has 0 atom stereocenters. The molecule has 0 saturated heterocycles. The van der Waals surface area contributed by atoms with Gasteiger partial charge in [0.05, 0.1) is 16.4 Å². The predicted molar refractivity (Wildman–Crippen MR) is 90.9 cm³/mol. The van der Waals surface area contributed by atoms with Crippen LogP contribution in [0.1, 0.15) is 17.9 Å². The molecule has 9 heteroatoms. The van der Waals surface area contributed by atoms with Crippen molar-refractivity contribution in [3.8, 4) is 11.1 Å². The average molecular weight is 353 g/mol. The van der Waals surface area contributed by atoms with E-state index in [0.29, 0.717) is 35.7 Å². The van der Waals surface area contributed by atoms with Crippen LogP contribution in [0.3, 0.4) is 0 Å². The number of nitrogens with zero attached hydrogens (tertiary/aromatic N) is 2. The summed E-state index contributed by atoms with van der Waals surface area (Å²) in [5.41, 5.74) is 2.33. The second kappa shape index (κ2) is 7.00. The van der Waals surface area contributed by atoms with Crippen molar-refractivity contribution in [2.75, 3.05) is 23.9 Å². The number of rotatable bonds is 7. The van der Waals surface area contributed by atoms with Crippen LogP contribution < -0.4 is 5.32 Å². The fourth-order valence-electron chi connectivity index (χ4n) is 2.44. The number of nitro benzene ring substituents is 1. The molecule has 8 nitrogen and oxygen atoms in total. The lowest BCUT2D eigenvalue weighted by Crippen LogP contribution is -2.10. The first-order valence-electron chi connectivity index (χ1n) is 7.32. The molecule has 0 unspecified atom stereocenters. The molecule has 1 aromatic heterocycles. The molecule has 1 N–H and O–H groups in total. The van der Waals surface area contributed by atoms with Crippen LogP contribution >= 0.6 is 0 Å². The van der Waals surface area contributed by atoms with E-state index in [2.05, 4.69) is 10.5 Å². The zero-order valence-electron chi connectivity index (χ0n) is 13.7. The standard InChI is InChI=1S/C15H19N3O5S/c1-10-15(11(2)23-17-10)12-5-6-13(14(9-12)18(19)20)16-7-4-8-24(3,21)22/h5-6,9,16H,4,7-8H2,1-3H3. The summed E-state index contributed by atoms with van der Waals surface area (Å²) < 4.78 is 27.3. The molecule has 0 bridgehead atoms. The summed E-state index contributed by atoms with van der Waals surface area (Å²) in [5.74, 6) is 0.626. The number of nitrogens with one attached hydrogen (secondary N) is 1. The number of aryl methyl sites for hydroxylation is 2. The average Bonchev–Trinajstić information content (AvgIpc) is 2.82. The summed E-state index contributed by atoms with van der Waals surface area (Å²) in [6.45, 7) is 3.85. The Labute approximate surface area is 139 Å². The van der Waals surface area contributed by atoms with Crippen LogP contribution in [0, 0.1) is 24.0 Å². The Morgan fingerprint density at radius 2 is 2.04 bits per heavy atom. The van der Waals surface area contributed by atoms with Crippen molar-refractivity contribution in [1.82, 2.24) is 5.16 Å². The molecule has 0 spiro atoms. The van der Waals surface area contributed by atoms with Crippen molar-refractivity contribution in [3.63, 3.8) is 0 Å². The van der Waals surface area contributed by atoms with E-state index in [1.54, 1.807) is 26.0 Å². The monoisotopic (exact) mass is 353 g/mol. The number of nitro groups is 1. The summed E-state index contributed by atoms with van der Waals surface area (Å²) in [7, 11) is -3.04. The lowest BCUT2D eigenvalue weighted by molar-refractivity contribution is -0.383. The fourth-order valence-corrected chi connectivity index (χ4v) is 3.11. The van der Waals surface area contributed by atoms with Gasteiger partial charge in [0.2, 0.25) is 0 Å². The Kier molecular flexibility index (Phi) is 5.23. The van der Waals surface area contributed by atoms with Gasteiger partial charge in [-0.05, 0) is 31.9 Å². The van der Waals surface area contributed by atoms with E-state index >= 15 is 0 Å². The number of anilines is 1. The molecule has 2 aromatic rings. The number of hydrogen-bond acceptors (Lipinski definition) is 7. The van der Waals surface area contributed by atoms with Gasteiger partial charge in [-0.1, -0.05) is 11.2 Å². The second-order valence-electron chi connectivity index (χ2n) is 5.60. The SMILES string of the molecule is Cc1noc(C)c1-c1ccc(NCCCS(C)(=O)=O)c([N+](=O)[O-])c1. The molecule has 1 aromatic carbocycles. The van der Waals surface area contributed by atoms with Crippen LogP contribution in [0.25, 0.3) is 11.1 Å². The van der Waals surface area contributed by atoms with Crippen molar-refractivity contribution in [1.29, 1.82) is 0 Å². The smallest absolute Gasteiger partial charge is 0.292 e. The minimum Gasteiger partial charge on any atom is -0.379 e. The maximum absolute atomic E-state index is 11.3. The highest BCUT2D eigenvalue weighted by atomic mass is 32.2. The molecule has 0 aliphatic rings. The maximum Gasteiger partial charge on any atom is 0.292 e. The summed E-state index contributed by atoms with van der Waals surface area (Å²) >= 11 is 0. The van der Waals surface area contributed by atoms with Gasteiger partial charge in [-0.15, -0.1) is 0 Å². The van der Waals surface area contributed by atoms with Gasteiger partial charge in [-0.3, -0.25) is 10.1 Å². The third-order valence-corrected chi connectivity index (χ3v) is 4.55. The first kappa shape index (κ1) is 17.9. The van der Waals surface area contributed by atoms with Gasteiger partial charge in [-0.2, -0.15) is 0 Å². The molecule has 0 aliphatic carbocycles. The van der Waals surface area contributed by atoms with E-state index in [1.807, 2.05) is 0 Å². The van der Waals surface area contributed by atoms with Crippen LogP contribution in [-0.2, 0) is 9.84 Å². The molecule has 130 valence electrons. The Morgan fingerprint density at radius 1 is 1.33 bits per heavy atom. The summed E-state index contributed by atoms with van der Waals surface area (Å²) in [5, 5.41) is 18.1. The van der Waals surface area contributed by atoms with Gasteiger partial charge in [-0.25, -0.2) is 8.42 Å². The van der Waals surface area contributed by atoms with Crippen molar-refractivity contribution in [2.24, 2.45) is 0 Å². The number of benzene rings is 1. The van der Waals surface area contributed by atoms with Gasteiger partial charge in [0, 0.05) is 24.4 Å². The Morgan fingerprint density at radius 3 is 2.58 bits per heavy atom. The Balaban J connectivity index is 2.23. The molecular formula is C15H19N3O5S. The zero-order valence-corrected chi connectivity index (χ0v) is 14.5. The minimum absolute atomic E-state index is 0.0327. The first-order chi connectivity index (χ1) is 11.2. The predicted octanol–water partition coefficient (Wildman–Crippen LogP) is 2.71. The van der Waals surface area contributed by atoms with Crippen LogP contribution in [0.5, 0.6) is 0 Å². The van der Waals surface area contributed by atoms with Crippen LogP contribution in [-0.4, -0.2) is 37.1 Å². The fraction of sp³-hybridized carbons (Fsp3) is 0.400. The van der Waals surface area contributed by atoms with Crippen molar-refractivity contribution in [2.45, 2.75) is 20.3 Å². The summed E-state index contributed by atoms with van der Waals surface area (Å²) in [4.78, 5) is 10.9. The van der Waals surface area contributed by atoms with Gasteiger partial charge < -0.3 is 9.84 Å². The van der Waals surface area contributed by atoms with Crippen LogP contribution in [0.2, 0.25) is 0 Å². The molecule has 1 heterocycles. The molecule has 0 amide bonds. The third kappa shape index (κ3) is 4.31. The number of sulfone groups is 1. The number of aromatic nitrogens is 1. The van der Waals surface area contributed by atoms with E-state index in [0.717, 1.165) is 11.8 Å². The molecule has 2 rings (SSSR count). The van der Waals surface area contributed by atoms with E-state index in [-0.39, 0.29) is 11.4 Å². The lowest BCUT2D eigenvalue weighted by Gasteiger charge is -2.08. The molecule has 0 saturated carbocycles. The van der Waals surface area contributed by atoms with Gasteiger partial charge in [0.15, 0.2) is 0 Å². The van der Waals surface area contributed by atoms with Crippen molar-refractivity contribution in [3.05, 3.63) is 39.8 Å². The molecular weight excluding hydrogens is 334 g/mol. The Hall–Kier alpha value is -2.42. The number of hydrogen-bond donors (Lipinski definition) is 1. The zero-order chi connectivity index (χ0) is 17.9. The van der Waals surface area contributed by atoms with Gasteiger partial charge in [0.1, 0.15) is 21.3 Å². The van der Waals surface area contributed by atoms with Crippen molar-refractivity contribution < 1.29 is 17.9 Å². The first-order valence-corrected chi connectivity index (χ1v) is 9.38. The third-order valence-electron chi connectivity index (χ3n) is 3.52. The summed E-state index contributed by atoms with van der Waals surface area (Å²) in [6.07, 6.45) is 1.54. The highest BCUT2D eigenvalue weighted by Gasteiger charge is 2.19.